The minimum Gasteiger partial charge on any atom is -0.508 e. The standard InChI is InChI=1S/C30H29ClFN5O2/c1-2-25(39)35-12-14-36(15-13-35)29-23-18-24(31)26(22-17-20(38)16-19-8-4-5-9-21(19)22)27(32)28(23)33-30(34-29)37-10-6-3-7-11-37/h2,4-5,8-9,16-18,38H,1,3,6-7,10-15H2. The molecule has 0 atom stereocenters. The largest absolute Gasteiger partial charge is 0.508 e. The summed E-state index contributed by atoms with van der Waals surface area (Å²) in [6, 6.07) is 12.4. The van der Waals surface area contributed by atoms with Crippen LogP contribution in [0.5, 0.6) is 5.75 Å². The maximum atomic E-state index is 16.6. The maximum Gasteiger partial charge on any atom is 0.246 e. The van der Waals surface area contributed by atoms with Crippen LogP contribution in [0.15, 0.2) is 55.1 Å². The Balaban J connectivity index is 1.53. The maximum absolute atomic E-state index is 16.6. The topological polar surface area (TPSA) is 72.8 Å². The number of aromatic nitrogens is 2. The van der Waals surface area contributed by atoms with E-state index in [-0.39, 0.29) is 27.8 Å². The molecule has 1 aromatic heterocycles. The quantitative estimate of drug-likeness (QED) is 0.328. The van der Waals surface area contributed by atoms with Crippen molar-refractivity contribution in [2.45, 2.75) is 19.3 Å². The van der Waals surface area contributed by atoms with Crippen LogP contribution < -0.4 is 9.80 Å². The summed E-state index contributed by atoms with van der Waals surface area (Å²) in [5, 5.41) is 12.7. The van der Waals surface area contributed by atoms with Crippen LogP contribution in [0.1, 0.15) is 19.3 Å². The van der Waals surface area contributed by atoms with E-state index in [1.807, 2.05) is 24.3 Å². The highest BCUT2D eigenvalue weighted by Gasteiger charge is 2.27. The van der Waals surface area contributed by atoms with Crippen LogP contribution >= 0.6 is 11.6 Å². The lowest BCUT2D eigenvalue weighted by molar-refractivity contribution is -0.126. The van der Waals surface area contributed by atoms with Gasteiger partial charge in [-0.15, -0.1) is 0 Å². The molecule has 2 aliphatic heterocycles. The van der Waals surface area contributed by atoms with Gasteiger partial charge in [-0.05, 0) is 59.9 Å². The molecule has 0 unspecified atom stereocenters. The molecule has 4 aromatic rings. The van der Waals surface area contributed by atoms with Gasteiger partial charge in [-0.2, -0.15) is 4.98 Å². The van der Waals surface area contributed by atoms with Crippen LogP contribution in [-0.4, -0.2) is 65.2 Å². The summed E-state index contributed by atoms with van der Waals surface area (Å²) in [4.78, 5) is 27.8. The first kappa shape index (κ1) is 25.4. The van der Waals surface area contributed by atoms with Gasteiger partial charge in [0.25, 0.3) is 0 Å². The van der Waals surface area contributed by atoms with E-state index in [4.69, 9.17) is 21.6 Å². The summed E-state index contributed by atoms with van der Waals surface area (Å²) < 4.78 is 16.6. The number of phenols is 1. The molecule has 2 fully saturated rings. The fourth-order valence-corrected chi connectivity index (χ4v) is 5.95. The third kappa shape index (κ3) is 4.63. The molecule has 7 nitrogen and oxygen atoms in total. The molecule has 200 valence electrons. The Morgan fingerprint density at radius 3 is 2.44 bits per heavy atom. The van der Waals surface area contributed by atoms with E-state index in [1.54, 1.807) is 23.1 Å². The van der Waals surface area contributed by atoms with Crippen LogP contribution in [0.25, 0.3) is 32.8 Å². The van der Waals surface area contributed by atoms with Crippen LogP contribution in [0.4, 0.5) is 16.2 Å². The smallest absolute Gasteiger partial charge is 0.246 e. The van der Waals surface area contributed by atoms with Crippen molar-refractivity contribution in [2.24, 2.45) is 0 Å². The van der Waals surface area contributed by atoms with E-state index in [9.17, 15) is 9.90 Å². The number of piperazine rings is 1. The van der Waals surface area contributed by atoms with E-state index in [1.165, 1.54) is 6.08 Å². The average molecular weight is 546 g/mol. The number of phenolic OH excluding ortho intramolecular Hbond substituents is 1. The molecule has 9 heteroatoms. The van der Waals surface area contributed by atoms with Crippen LogP contribution in [-0.2, 0) is 4.79 Å². The number of halogens is 2. The number of hydrogen-bond acceptors (Lipinski definition) is 6. The molecule has 3 aromatic carbocycles. The summed E-state index contributed by atoms with van der Waals surface area (Å²) in [6.07, 6.45) is 4.53. The van der Waals surface area contributed by atoms with Gasteiger partial charge in [0.05, 0.1) is 5.02 Å². The monoisotopic (exact) mass is 545 g/mol. The second-order valence-corrected chi connectivity index (χ2v) is 10.5. The SMILES string of the molecule is C=CC(=O)N1CCN(c2nc(N3CCCCC3)nc3c(F)c(-c4cc(O)cc5ccccc45)c(Cl)cc23)CC1. The van der Waals surface area contributed by atoms with Crippen molar-refractivity contribution >= 4 is 50.9 Å². The van der Waals surface area contributed by atoms with E-state index < -0.39 is 5.82 Å². The third-order valence-electron chi connectivity index (χ3n) is 7.67. The van der Waals surface area contributed by atoms with E-state index in [0.29, 0.717) is 48.9 Å². The number of fused-ring (bicyclic) bond motifs is 2. The van der Waals surface area contributed by atoms with Crippen molar-refractivity contribution in [1.82, 2.24) is 14.9 Å². The summed E-state index contributed by atoms with van der Waals surface area (Å²) in [5.41, 5.74) is 0.898. The summed E-state index contributed by atoms with van der Waals surface area (Å²) >= 11 is 6.81. The number of benzene rings is 3. The van der Waals surface area contributed by atoms with Gasteiger partial charge in [0.15, 0.2) is 5.82 Å². The van der Waals surface area contributed by atoms with Gasteiger partial charge in [0, 0.05) is 50.2 Å². The molecule has 0 spiro atoms. The first-order valence-electron chi connectivity index (χ1n) is 13.3. The van der Waals surface area contributed by atoms with Crippen LogP contribution in [0.2, 0.25) is 5.02 Å². The summed E-state index contributed by atoms with van der Waals surface area (Å²) in [7, 11) is 0. The Morgan fingerprint density at radius 1 is 0.949 bits per heavy atom. The lowest BCUT2D eigenvalue weighted by atomic mass is 9.96. The van der Waals surface area contributed by atoms with Gasteiger partial charge < -0.3 is 19.8 Å². The third-order valence-corrected chi connectivity index (χ3v) is 7.97. The van der Waals surface area contributed by atoms with E-state index in [0.717, 1.165) is 43.1 Å². The number of piperidine rings is 1. The Labute approximate surface area is 231 Å². The number of hydrogen-bond donors (Lipinski definition) is 1. The van der Waals surface area contributed by atoms with Gasteiger partial charge in [-0.1, -0.05) is 42.4 Å². The van der Waals surface area contributed by atoms with Crippen molar-refractivity contribution in [1.29, 1.82) is 0 Å². The zero-order valence-corrected chi connectivity index (χ0v) is 22.3. The minimum absolute atomic E-state index is 0.0311. The Morgan fingerprint density at radius 2 is 1.69 bits per heavy atom. The second-order valence-electron chi connectivity index (χ2n) is 10.1. The normalized spacial score (nSPS) is 16.2. The first-order chi connectivity index (χ1) is 18.9. The van der Waals surface area contributed by atoms with Crippen LogP contribution in [0, 0.1) is 5.82 Å². The molecular weight excluding hydrogens is 517 g/mol. The Kier molecular flexibility index (Phi) is 6.73. The fourth-order valence-electron chi connectivity index (χ4n) is 5.66. The number of carbonyl (C=O) groups excluding carboxylic acids is 1. The Bertz CT molecular complexity index is 1600. The first-order valence-corrected chi connectivity index (χ1v) is 13.7. The zero-order chi connectivity index (χ0) is 27.1. The lowest BCUT2D eigenvalue weighted by Gasteiger charge is -2.36. The average Bonchev–Trinajstić information content (AvgIpc) is 2.97. The van der Waals surface area contributed by atoms with Gasteiger partial charge >= 0.3 is 0 Å². The van der Waals surface area contributed by atoms with Crippen molar-refractivity contribution in [3.8, 4) is 16.9 Å². The number of nitrogens with zero attached hydrogens (tertiary/aromatic N) is 5. The Hall–Kier alpha value is -3.91. The molecule has 2 aliphatic rings. The van der Waals surface area contributed by atoms with Crippen molar-refractivity contribution in [3.05, 3.63) is 66.0 Å². The fraction of sp³-hybridized carbons (Fsp3) is 0.300. The van der Waals surface area contributed by atoms with Gasteiger partial charge in [0.2, 0.25) is 11.9 Å². The minimum atomic E-state index is -0.546. The summed E-state index contributed by atoms with van der Waals surface area (Å²) in [5.74, 6) is 0.488. The molecule has 39 heavy (non-hydrogen) atoms. The number of carbonyl (C=O) groups is 1. The molecular formula is C30H29ClFN5O2. The second kappa shape index (κ2) is 10.3. The van der Waals surface area contributed by atoms with Gasteiger partial charge in [0.1, 0.15) is 17.1 Å². The molecule has 0 radical (unpaired) electrons. The molecule has 2 saturated heterocycles. The molecule has 0 bridgehead atoms. The summed E-state index contributed by atoms with van der Waals surface area (Å²) in [6.45, 7) is 7.33. The van der Waals surface area contributed by atoms with Gasteiger partial charge in [-0.3, -0.25) is 4.79 Å². The number of aromatic hydroxyl groups is 1. The highest BCUT2D eigenvalue weighted by molar-refractivity contribution is 6.35. The highest BCUT2D eigenvalue weighted by atomic mass is 35.5. The van der Waals surface area contributed by atoms with E-state index in [2.05, 4.69) is 16.4 Å². The number of rotatable bonds is 4. The number of amides is 1. The molecule has 3 heterocycles. The molecule has 1 N–H and O–H groups in total. The highest BCUT2D eigenvalue weighted by Crippen LogP contribution is 2.42. The van der Waals surface area contributed by atoms with E-state index >= 15 is 4.39 Å². The van der Waals surface area contributed by atoms with Gasteiger partial charge in [-0.25, -0.2) is 9.37 Å². The predicted octanol–water partition coefficient (Wildman–Crippen LogP) is 5.77. The molecule has 6 rings (SSSR count). The number of anilines is 2. The predicted molar refractivity (Wildman–Crippen MR) is 154 cm³/mol. The zero-order valence-electron chi connectivity index (χ0n) is 21.5. The van der Waals surface area contributed by atoms with Crippen molar-refractivity contribution < 1.29 is 14.3 Å². The molecule has 0 saturated carbocycles. The molecule has 1 amide bonds. The van der Waals surface area contributed by atoms with Crippen molar-refractivity contribution in [2.75, 3.05) is 49.1 Å². The van der Waals surface area contributed by atoms with Crippen LogP contribution in [0.3, 0.4) is 0 Å². The van der Waals surface area contributed by atoms with Crippen molar-refractivity contribution in [3.63, 3.8) is 0 Å². The molecule has 0 aliphatic carbocycles. The lowest BCUT2D eigenvalue weighted by Crippen LogP contribution is -2.48.